The summed E-state index contributed by atoms with van der Waals surface area (Å²) in [4.78, 5) is 10.2. The van der Waals surface area contributed by atoms with Crippen molar-refractivity contribution >= 4 is 33.0 Å². The third-order valence-corrected chi connectivity index (χ3v) is 7.69. The molecule has 0 amide bonds. The van der Waals surface area contributed by atoms with Crippen LogP contribution in [-0.4, -0.2) is 9.97 Å². The van der Waals surface area contributed by atoms with Crippen molar-refractivity contribution in [1.82, 2.24) is 9.97 Å². The molecule has 0 aliphatic heterocycles. The van der Waals surface area contributed by atoms with E-state index >= 15 is 0 Å². The van der Waals surface area contributed by atoms with Crippen LogP contribution in [0, 0.1) is 0 Å². The van der Waals surface area contributed by atoms with E-state index in [1.165, 1.54) is 5.56 Å². The molecule has 0 atom stereocenters. The summed E-state index contributed by atoms with van der Waals surface area (Å²) in [6.45, 7) is 0. The van der Waals surface area contributed by atoms with E-state index in [1.54, 1.807) is 0 Å². The van der Waals surface area contributed by atoms with E-state index in [9.17, 15) is 0 Å². The molecule has 0 unspecified atom stereocenters. The fourth-order valence-corrected chi connectivity index (χ4v) is 5.69. The van der Waals surface area contributed by atoms with Gasteiger partial charge in [-0.1, -0.05) is 121 Å². The Morgan fingerprint density at radius 2 is 0.976 bits per heavy atom. The van der Waals surface area contributed by atoms with E-state index in [0.717, 1.165) is 72.2 Å². The average molecular weight is 525 g/mol. The zero-order chi connectivity index (χ0) is 27.2. The van der Waals surface area contributed by atoms with Gasteiger partial charge in [-0.2, -0.15) is 0 Å². The Balaban J connectivity index is 1.22. The van der Waals surface area contributed by atoms with Gasteiger partial charge in [-0.3, -0.25) is 0 Å². The van der Waals surface area contributed by atoms with Crippen LogP contribution in [-0.2, 0) is 0 Å². The minimum atomic E-state index is 0.875. The van der Waals surface area contributed by atoms with E-state index < -0.39 is 0 Å². The van der Waals surface area contributed by atoms with Crippen molar-refractivity contribution in [1.29, 1.82) is 0 Å². The monoisotopic (exact) mass is 524 g/mol. The summed E-state index contributed by atoms with van der Waals surface area (Å²) in [6, 6.07) is 50.2. The first-order chi connectivity index (χ1) is 20.3. The van der Waals surface area contributed by atoms with Gasteiger partial charge in [0.15, 0.2) is 0 Å². The predicted molar refractivity (Wildman–Crippen MR) is 169 cm³/mol. The van der Waals surface area contributed by atoms with Crippen LogP contribution >= 0.6 is 0 Å². The van der Waals surface area contributed by atoms with Gasteiger partial charge in [-0.05, 0) is 46.5 Å². The quantitative estimate of drug-likeness (QED) is 0.230. The summed E-state index contributed by atoms with van der Waals surface area (Å²) in [5, 5.41) is 2.29. The molecule has 6 aromatic carbocycles. The van der Waals surface area contributed by atoms with Gasteiger partial charge in [0, 0.05) is 21.9 Å². The molecule has 3 nitrogen and oxygen atoms in total. The summed E-state index contributed by atoms with van der Waals surface area (Å²) < 4.78 is 6.11. The first-order valence-corrected chi connectivity index (χ1v) is 13.8. The minimum Gasteiger partial charge on any atom is -0.456 e. The van der Waals surface area contributed by atoms with Crippen molar-refractivity contribution in [3.05, 3.63) is 146 Å². The van der Waals surface area contributed by atoms with Gasteiger partial charge in [0.25, 0.3) is 0 Å². The number of rotatable bonds is 4. The second kappa shape index (κ2) is 9.58. The molecule has 3 heteroatoms. The Morgan fingerprint density at radius 1 is 0.390 bits per heavy atom. The van der Waals surface area contributed by atoms with Gasteiger partial charge in [0.1, 0.15) is 11.2 Å². The van der Waals surface area contributed by atoms with Crippen LogP contribution in [0.5, 0.6) is 0 Å². The Kier molecular flexibility index (Phi) is 5.46. The van der Waals surface area contributed by atoms with E-state index in [0.29, 0.717) is 0 Å². The number of hydrogen-bond donors (Lipinski definition) is 0. The van der Waals surface area contributed by atoms with Crippen LogP contribution in [0.1, 0.15) is 0 Å². The van der Waals surface area contributed by atoms with Crippen LogP contribution in [0.4, 0.5) is 0 Å². The zero-order valence-corrected chi connectivity index (χ0v) is 22.2. The highest BCUT2D eigenvalue weighted by molar-refractivity contribution is 6.12. The van der Waals surface area contributed by atoms with Crippen LogP contribution < -0.4 is 0 Å². The Morgan fingerprint density at radius 3 is 1.71 bits per heavy atom. The number of fused-ring (bicyclic) bond motifs is 4. The van der Waals surface area contributed by atoms with Crippen molar-refractivity contribution in [2.45, 2.75) is 0 Å². The number of furan rings is 1. The van der Waals surface area contributed by atoms with E-state index in [1.807, 2.05) is 54.6 Å². The molecule has 0 N–H and O–H groups in total. The first-order valence-electron chi connectivity index (χ1n) is 13.8. The fourth-order valence-electron chi connectivity index (χ4n) is 5.69. The summed E-state index contributed by atoms with van der Waals surface area (Å²) in [7, 11) is 0. The maximum Gasteiger partial charge on any atom is 0.136 e. The lowest BCUT2D eigenvalue weighted by molar-refractivity contribution is 0.669. The highest BCUT2D eigenvalue weighted by atomic mass is 16.3. The van der Waals surface area contributed by atoms with Gasteiger partial charge in [0.2, 0.25) is 0 Å². The minimum absolute atomic E-state index is 0.875. The molecule has 41 heavy (non-hydrogen) atoms. The van der Waals surface area contributed by atoms with Crippen molar-refractivity contribution in [2.75, 3.05) is 0 Å². The van der Waals surface area contributed by atoms with Crippen molar-refractivity contribution in [2.24, 2.45) is 0 Å². The maximum absolute atomic E-state index is 6.11. The second-order valence-corrected chi connectivity index (χ2v) is 10.2. The highest BCUT2D eigenvalue weighted by Crippen LogP contribution is 2.37. The Hall–Kier alpha value is -5.54. The molecule has 0 aliphatic carbocycles. The molecule has 2 aromatic heterocycles. The Bertz CT molecular complexity index is 2180. The van der Waals surface area contributed by atoms with Gasteiger partial charge in [0.05, 0.1) is 22.4 Å². The maximum atomic E-state index is 6.11. The summed E-state index contributed by atoms with van der Waals surface area (Å²) in [5.74, 6) is 0. The number of para-hydroxylation sites is 1. The molecule has 0 radical (unpaired) electrons. The lowest BCUT2D eigenvalue weighted by Gasteiger charge is -2.12. The smallest absolute Gasteiger partial charge is 0.136 e. The SMILES string of the molecule is c1ccc(-c2nc3ccc(-c4ccc(-c5cccc6oc7ccccc7c56)cc4)cc3nc2-c2ccccc2)cc1. The third kappa shape index (κ3) is 4.07. The molecule has 8 aromatic rings. The third-order valence-electron chi connectivity index (χ3n) is 7.69. The van der Waals surface area contributed by atoms with Crippen LogP contribution in [0.25, 0.3) is 77.7 Å². The van der Waals surface area contributed by atoms with Crippen molar-refractivity contribution in [3.8, 4) is 44.8 Å². The normalized spacial score (nSPS) is 11.4. The van der Waals surface area contributed by atoms with E-state index in [4.69, 9.17) is 14.4 Å². The average Bonchev–Trinajstić information content (AvgIpc) is 3.44. The first kappa shape index (κ1) is 23.4. The molecule has 0 aliphatic rings. The van der Waals surface area contributed by atoms with E-state index in [-0.39, 0.29) is 0 Å². The molecule has 8 rings (SSSR count). The van der Waals surface area contributed by atoms with Crippen LogP contribution in [0.15, 0.2) is 150 Å². The zero-order valence-electron chi connectivity index (χ0n) is 22.2. The summed E-state index contributed by atoms with van der Waals surface area (Å²) in [6.07, 6.45) is 0. The lowest BCUT2D eigenvalue weighted by atomic mass is 9.96. The standard InChI is InChI=1S/C38H24N2O/c1-3-10-27(11-4-1)37-38(28-12-5-2-6-13-28)40-33-24-29(22-23-32(33)39-37)25-18-20-26(21-19-25)30-15-9-17-35-36(30)31-14-7-8-16-34(31)41-35/h1-24H. The molecule has 0 fully saturated rings. The highest BCUT2D eigenvalue weighted by Gasteiger charge is 2.15. The molecule has 0 bridgehead atoms. The van der Waals surface area contributed by atoms with Crippen LogP contribution in [0.3, 0.4) is 0 Å². The lowest BCUT2D eigenvalue weighted by Crippen LogP contribution is -1.95. The number of aromatic nitrogens is 2. The molecule has 0 spiro atoms. The number of hydrogen-bond acceptors (Lipinski definition) is 3. The van der Waals surface area contributed by atoms with E-state index in [2.05, 4.69) is 91.0 Å². The molecule has 0 saturated heterocycles. The molecular weight excluding hydrogens is 500 g/mol. The van der Waals surface area contributed by atoms with Gasteiger partial charge in [-0.25, -0.2) is 9.97 Å². The summed E-state index contributed by atoms with van der Waals surface area (Å²) in [5.41, 5.74) is 12.0. The van der Waals surface area contributed by atoms with Crippen LogP contribution in [0.2, 0.25) is 0 Å². The fraction of sp³-hybridized carbons (Fsp3) is 0. The Labute approximate surface area is 237 Å². The van der Waals surface area contributed by atoms with Crippen molar-refractivity contribution < 1.29 is 4.42 Å². The van der Waals surface area contributed by atoms with Gasteiger partial charge >= 0.3 is 0 Å². The molecule has 0 saturated carbocycles. The molecule has 2 heterocycles. The second-order valence-electron chi connectivity index (χ2n) is 10.2. The number of nitrogens with zero attached hydrogens (tertiary/aromatic N) is 2. The molecular formula is C38H24N2O. The van der Waals surface area contributed by atoms with Gasteiger partial charge in [-0.15, -0.1) is 0 Å². The number of benzene rings is 6. The predicted octanol–water partition coefficient (Wildman–Crippen LogP) is 10.2. The van der Waals surface area contributed by atoms with Crippen molar-refractivity contribution in [3.63, 3.8) is 0 Å². The molecule has 192 valence electrons. The topological polar surface area (TPSA) is 38.9 Å². The van der Waals surface area contributed by atoms with Gasteiger partial charge < -0.3 is 4.42 Å². The largest absolute Gasteiger partial charge is 0.456 e. The summed E-state index contributed by atoms with van der Waals surface area (Å²) >= 11 is 0.